The van der Waals surface area contributed by atoms with Crippen molar-refractivity contribution < 1.29 is 14.1 Å². The van der Waals surface area contributed by atoms with Crippen molar-refractivity contribution in [3.8, 4) is 11.8 Å². The number of aryl methyl sites for hydroxylation is 1. The normalized spacial score (nSPS) is 10.9. The smallest absolute Gasteiger partial charge is 0.225 e. The number of ketones is 1. The minimum absolute atomic E-state index is 0.00321. The number of methoxy groups -OCH3 is 1. The fourth-order valence-corrected chi connectivity index (χ4v) is 1.63. The van der Waals surface area contributed by atoms with E-state index < -0.39 is 5.78 Å². The van der Waals surface area contributed by atoms with Crippen LogP contribution in [0, 0.1) is 18.3 Å². The Labute approximate surface area is 116 Å². The quantitative estimate of drug-likeness (QED) is 0.484. The van der Waals surface area contributed by atoms with Crippen molar-refractivity contribution in [2.24, 2.45) is 0 Å². The van der Waals surface area contributed by atoms with E-state index in [4.69, 9.17) is 14.5 Å². The van der Waals surface area contributed by atoms with Gasteiger partial charge in [0.25, 0.3) is 0 Å². The first-order valence-corrected chi connectivity index (χ1v) is 5.88. The molecule has 20 heavy (non-hydrogen) atoms. The molecule has 0 N–H and O–H groups in total. The Hall–Kier alpha value is -2.87. The van der Waals surface area contributed by atoms with E-state index in [2.05, 4.69) is 5.16 Å². The molecule has 2 aromatic rings. The van der Waals surface area contributed by atoms with Crippen molar-refractivity contribution >= 4 is 11.9 Å². The number of carbonyl (C=O) groups is 1. The number of aromatic nitrogens is 1. The lowest BCUT2D eigenvalue weighted by molar-refractivity contribution is 0.103. The van der Waals surface area contributed by atoms with Crippen molar-refractivity contribution in [2.45, 2.75) is 6.92 Å². The minimum atomic E-state index is -0.458. The summed E-state index contributed by atoms with van der Waals surface area (Å²) in [5.41, 5.74) is 0.864. The number of allylic oxidation sites excluding steroid dienone is 1. The molecule has 100 valence electrons. The number of ether oxygens (including phenoxy) is 1. The second kappa shape index (κ2) is 5.85. The van der Waals surface area contributed by atoms with E-state index in [9.17, 15) is 4.79 Å². The maximum atomic E-state index is 12.1. The van der Waals surface area contributed by atoms with Gasteiger partial charge in [-0.3, -0.25) is 4.79 Å². The summed E-state index contributed by atoms with van der Waals surface area (Å²) in [6, 6.07) is 10.4. The van der Waals surface area contributed by atoms with Crippen LogP contribution in [0.25, 0.3) is 6.08 Å². The summed E-state index contributed by atoms with van der Waals surface area (Å²) in [5, 5.41) is 12.7. The Morgan fingerprint density at radius 2 is 2.10 bits per heavy atom. The third-order valence-corrected chi connectivity index (χ3v) is 2.65. The Balaban J connectivity index is 2.29. The van der Waals surface area contributed by atoms with Gasteiger partial charge in [-0.2, -0.15) is 5.26 Å². The van der Waals surface area contributed by atoms with E-state index in [0.717, 1.165) is 5.56 Å². The SMILES string of the molecule is COc1ccc(/C=C(/C#N)C(=O)c2cc(C)on2)cc1. The van der Waals surface area contributed by atoms with Crippen LogP contribution in [-0.2, 0) is 0 Å². The number of nitriles is 1. The van der Waals surface area contributed by atoms with Crippen molar-refractivity contribution in [3.05, 3.63) is 52.9 Å². The first-order valence-electron chi connectivity index (χ1n) is 5.88. The predicted octanol–water partition coefficient (Wildman–Crippen LogP) is 2.78. The molecule has 0 aliphatic heterocycles. The molecule has 0 aliphatic carbocycles. The van der Waals surface area contributed by atoms with Crippen LogP contribution in [0.3, 0.4) is 0 Å². The van der Waals surface area contributed by atoms with Crippen LogP contribution in [0.2, 0.25) is 0 Å². The van der Waals surface area contributed by atoms with Crippen LogP contribution in [0.4, 0.5) is 0 Å². The molecule has 0 bridgehead atoms. The van der Waals surface area contributed by atoms with Crippen LogP contribution in [-0.4, -0.2) is 18.0 Å². The van der Waals surface area contributed by atoms with Crippen LogP contribution >= 0.6 is 0 Å². The number of benzene rings is 1. The monoisotopic (exact) mass is 268 g/mol. The van der Waals surface area contributed by atoms with Crippen molar-refractivity contribution in [1.82, 2.24) is 5.16 Å². The van der Waals surface area contributed by atoms with Crippen molar-refractivity contribution in [2.75, 3.05) is 7.11 Å². The summed E-state index contributed by atoms with van der Waals surface area (Å²) in [6.07, 6.45) is 1.51. The Bertz CT molecular complexity index is 691. The standard InChI is InChI=1S/C15H12N2O3/c1-10-7-14(17-20-10)15(18)12(9-16)8-11-3-5-13(19-2)6-4-11/h3-8H,1-2H3/b12-8-. The van der Waals surface area contributed by atoms with Gasteiger partial charge in [-0.25, -0.2) is 0 Å². The molecule has 5 heteroatoms. The molecule has 0 saturated carbocycles. The van der Waals surface area contributed by atoms with Crippen LogP contribution in [0.15, 0.2) is 40.4 Å². The van der Waals surface area contributed by atoms with E-state index in [1.807, 2.05) is 6.07 Å². The molecule has 0 saturated heterocycles. The summed E-state index contributed by atoms with van der Waals surface area (Å²) >= 11 is 0. The Kier molecular flexibility index (Phi) is 3.96. The molecule has 0 amide bonds. The average Bonchev–Trinajstić information content (AvgIpc) is 2.91. The molecule has 1 aromatic heterocycles. The molecule has 0 fully saturated rings. The lowest BCUT2D eigenvalue weighted by Gasteiger charge is -2.00. The number of hydrogen-bond acceptors (Lipinski definition) is 5. The maximum Gasteiger partial charge on any atom is 0.225 e. The summed E-state index contributed by atoms with van der Waals surface area (Å²) in [7, 11) is 1.57. The van der Waals surface area contributed by atoms with Gasteiger partial charge in [0.15, 0.2) is 5.69 Å². The molecule has 1 aromatic carbocycles. The number of carbonyl (C=O) groups excluding carboxylic acids is 1. The molecule has 0 aliphatic rings. The van der Waals surface area contributed by atoms with Gasteiger partial charge in [-0.15, -0.1) is 0 Å². The molecule has 0 unspecified atom stereocenters. The topological polar surface area (TPSA) is 76.1 Å². The second-order valence-corrected chi connectivity index (χ2v) is 4.09. The molecule has 5 nitrogen and oxygen atoms in total. The Morgan fingerprint density at radius 1 is 1.40 bits per heavy atom. The fraction of sp³-hybridized carbons (Fsp3) is 0.133. The van der Waals surface area contributed by atoms with Crippen LogP contribution in [0.5, 0.6) is 5.75 Å². The number of Topliss-reactive ketones (excluding diaryl/α,β-unsaturated/α-hetero) is 1. The van der Waals surface area contributed by atoms with Gasteiger partial charge in [0.1, 0.15) is 23.2 Å². The third kappa shape index (κ3) is 2.93. The van der Waals surface area contributed by atoms with Gasteiger partial charge in [0, 0.05) is 6.07 Å². The highest BCUT2D eigenvalue weighted by Crippen LogP contribution is 2.16. The van der Waals surface area contributed by atoms with Crippen LogP contribution < -0.4 is 4.74 Å². The number of hydrogen-bond donors (Lipinski definition) is 0. The van der Waals surface area contributed by atoms with Crippen molar-refractivity contribution in [1.29, 1.82) is 5.26 Å². The van der Waals surface area contributed by atoms with E-state index in [1.54, 1.807) is 38.3 Å². The molecule has 1 heterocycles. The van der Waals surface area contributed by atoms with Crippen LogP contribution in [0.1, 0.15) is 21.8 Å². The summed E-state index contributed by atoms with van der Waals surface area (Å²) in [6.45, 7) is 1.68. The highest BCUT2D eigenvalue weighted by atomic mass is 16.5. The van der Waals surface area contributed by atoms with Gasteiger partial charge in [0.05, 0.1) is 7.11 Å². The number of nitrogens with zero attached hydrogens (tertiary/aromatic N) is 2. The zero-order valence-electron chi connectivity index (χ0n) is 11.1. The van der Waals surface area contributed by atoms with Gasteiger partial charge in [-0.1, -0.05) is 17.3 Å². The first-order chi connectivity index (χ1) is 9.63. The predicted molar refractivity (Wildman–Crippen MR) is 72.2 cm³/mol. The number of rotatable bonds is 4. The third-order valence-electron chi connectivity index (χ3n) is 2.65. The minimum Gasteiger partial charge on any atom is -0.497 e. The molecular formula is C15H12N2O3. The highest BCUT2D eigenvalue weighted by Gasteiger charge is 2.16. The molecular weight excluding hydrogens is 256 g/mol. The van der Waals surface area contributed by atoms with Gasteiger partial charge < -0.3 is 9.26 Å². The van der Waals surface area contributed by atoms with E-state index in [-0.39, 0.29) is 11.3 Å². The zero-order valence-corrected chi connectivity index (χ0v) is 11.1. The second-order valence-electron chi connectivity index (χ2n) is 4.09. The summed E-state index contributed by atoms with van der Waals surface area (Å²) < 4.78 is 9.88. The lowest BCUT2D eigenvalue weighted by atomic mass is 10.1. The molecule has 2 rings (SSSR count). The van der Waals surface area contributed by atoms with E-state index in [0.29, 0.717) is 11.5 Å². The maximum absolute atomic E-state index is 12.1. The molecule has 0 spiro atoms. The van der Waals surface area contributed by atoms with Crippen molar-refractivity contribution in [3.63, 3.8) is 0 Å². The van der Waals surface area contributed by atoms with Gasteiger partial charge in [0.2, 0.25) is 5.78 Å². The van der Waals surface area contributed by atoms with E-state index in [1.165, 1.54) is 12.1 Å². The fourth-order valence-electron chi connectivity index (χ4n) is 1.63. The van der Waals surface area contributed by atoms with Gasteiger partial charge >= 0.3 is 0 Å². The molecule has 0 atom stereocenters. The average molecular weight is 268 g/mol. The Morgan fingerprint density at radius 3 is 2.60 bits per heavy atom. The lowest BCUT2D eigenvalue weighted by Crippen LogP contribution is -2.02. The highest BCUT2D eigenvalue weighted by molar-refractivity contribution is 6.12. The van der Waals surface area contributed by atoms with Gasteiger partial charge in [-0.05, 0) is 30.7 Å². The summed E-state index contributed by atoms with van der Waals surface area (Å²) in [4.78, 5) is 12.1. The summed E-state index contributed by atoms with van der Waals surface area (Å²) in [5.74, 6) is 0.773. The first kappa shape index (κ1) is 13.6. The molecule has 0 radical (unpaired) electrons. The zero-order chi connectivity index (χ0) is 14.5. The van der Waals surface area contributed by atoms with E-state index >= 15 is 0 Å². The largest absolute Gasteiger partial charge is 0.497 e.